The fourth-order valence-corrected chi connectivity index (χ4v) is 2.47. The van der Waals surface area contributed by atoms with Crippen LogP contribution in [0.2, 0.25) is 0 Å². The SMILES string of the molecule is COCC1CCN(c2ccc(C(=O)O)c(F)c2)CC1. The number of anilines is 1. The molecule has 4 nitrogen and oxygen atoms in total. The first-order valence-corrected chi connectivity index (χ1v) is 6.38. The monoisotopic (exact) mass is 267 g/mol. The first-order valence-electron chi connectivity index (χ1n) is 6.38. The second-order valence-electron chi connectivity index (χ2n) is 4.86. The van der Waals surface area contributed by atoms with Crippen LogP contribution in [0.3, 0.4) is 0 Å². The molecule has 0 saturated carbocycles. The van der Waals surface area contributed by atoms with Crippen LogP contribution in [0.5, 0.6) is 0 Å². The van der Waals surface area contributed by atoms with Crippen LogP contribution in [0.1, 0.15) is 23.2 Å². The molecular weight excluding hydrogens is 249 g/mol. The number of rotatable bonds is 4. The number of hydrogen-bond donors (Lipinski definition) is 1. The molecule has 104 valence electrons. The summed E-state index contributed by atoms with van der Waals surface area (Å²) in [6, 6.07) is 4.30. The van der Waals surface area contributed by atoms with Gasteiger partial charge < -0.3 is 14.7 Å². The number of carboxylic acid groups (broad SMARTS) is 1. The predicted molar refractivity (Wildman–Crippen MR) is 70.2 cm³/mol. The molecule has 0 bridgehead atoms. The van der Waals surface area contributed by atoms with Crippen LogP contribution in [-0.2, 0) is 4.74 Å². The van der Waals surface area contributed by atoms with E-state index in [1.165, 1.54) is 12.1 Å². The molecule has 19 heavy (non-hydrogen) atoms. The second-order valence-corrected chi connectivity index (χ2v) is 4.86. The largest absolute Gasteiger partial charge is 0.478 e. The third-order valence-corrected chi connectivity index (χ3v) is 3.57. The number of ether oxygens (including phenoxy) is 1. The van der Waals surface area contributed by atoms with Crippen molar-refractivity contribution in [2.75, 3.05) is 31.7 Å². The van der Waals surface area contributed by atoms with Gasteiger partial charge in [0.05, 0.1) is 5.56 Å². The average Bonchev–Trinajstić information content (AvgIpc) is 2.39. The Bertz CT molecular complexity index is 456. The molecule has 1 N–H and O–H groups in total. The lowest BCUT2D eigenvalue weighted by Gasteiger charge is -2.33. The van der Waals surface area contributed by atoms with Gasteiger partial charge in [0.15, 0.2) is 0 Å². The molecule has 0 unspecified atom stereocenters. The first kappa shape index (κ1) is 13.8. The minimum absolute atomic E-state index is 0.280. The quantitative estimate of drug-likeness (QED) is 0.910. The number of benzene rings is 1. The highest BCUT2D eigenvalue weighted by Crippen LogP contribution is 2.25. The van der Waals surface area contributed by atoms with Gasteiger partial charge >= 0.3 is 5.97 Å². The molecule has 1 saturated heterocycles. The summed E-state index contributed by atoms with van der Waals surface area (Å²) < 4.78 is 18.8. The van der Waals surface area contributed by atoms with E-state index < -0.39 is 11.8 Å². The van der Waals surface area contributed by atoms with Gasteiger partial charge in [0.1, 0.15) is 5.82 Å². The molecule has 0 aliphatic carbocycles. The summed E-state index contributed by atoms with van der Waals surface area (Å²) in [6.07, 6.45) is 2.02. The van der Waals surface area contributed by atoms with E-state index in [1.807, 2.05) is 0 Å². The lowest BCUT2D eigenvalue weighted by molar-refractivity contribution is 0.0692. The Labute approximate surface area is 111 Å². The van der Waals surface area contributed by atoms with Crippen LogP contribution in [0.25, 0.3) is 0 Å². The van der Waals surface area contributed by atoms with Gasteiger partial charge in [0.2, 0.25) is 0 Å². The summed E-state index contributed by atoms with van der Waals surface area (Å²) in [4.78, 5) is 12.8. The van der Waals surface area contributed by atoms with Crippen molar-refractivity contribution in [1.82, 2.24) is 0 Å². The van der Waals surface area contributed by atoms with E-state index in [0.29, 0.717) is 5.92 Å². The Kier molecular flexibility index (Phi) is 4.37. The molecule has 1 aliphatic rings. The molecular formula is C14H18FNO3. The lowest BCUT2D eigenvalue weighted by atomic mass is 9.97. The summed E-state index contributed by atoms with van der Waals surface area (Å²) in [7, 11) is 1.70. The maximum atomic E-state index is 13.6. The minimum atomic E-state index is -1.23. The van der Waals surface area contributed by atoms with E-state index in [2.05, 4.69) is 4.90 Å². The van der Waals surface area contributed by atoms with E-state index in [4.69, 9.17) is 9.84 Å². The van der Waals surface area contributed by atoms with Crippen molar-refractivity contribution in [3.05, 3.63) is 29.6 Å². The van der Waals surface area contributed by atoms with Gasteiger partial charge in [-0.05, 0) is 37.0 Å². The van der Waals surface area contributed by atoms with Crippen molar-refractivity contribution in [2.45, 2.75) is 12.8 Å². The molecule has 1 aromatic rings. The van der Waals surface area contributed by atoms with Crippen LogP contribution in [0, 0.1) is 11.7 Å². The predicted octanol–water partition coefficient (Wildman–Crippen LogP) is 2.39. The first-order chi connectivity index (χ1) is 9.11. The summed E-state index contributed by atoms with van der Waals surface area (Å²) in [6.45, 7) is 2.46. The third-order valence-electron chi connectivity index (χ3n) is 3.57. The summed E-state index contributed by atoms with van der Waals surface area (Å²) in [5, 5.41) is 8.79. The van der Waals surface area contributed by atoms with E-state index in [-0.39, 0.29) is 5.56 Å². The molecule has 1 fully saturated rings. The summed E-state index contributed by atoms with van der Waals surface area (Å²) >= 11 is 0. The Morgan fingerprint density at radius 2 is 2.16 bits per heavy atom. The van der Waals surface area contributed by atoms with Crippen molar-refractivity contribution in [1.29, 1.82) is 0 Å². The highest BCUT2D eigenvalue weighted by Gasteiger charge is 2.20. The molecule has 5 heteroatoms. The van der Waals surface area contributed by atoms with Crippen molar-refractivity contribution < 1.29 is 19.0 Å². The number of carbonyl (C=O) groups is 1. The molecule has 1 aromatic carbocycles. The normalized spacial score (nSPS) is 16.6. The van der Waals surface area contributed by atoms with Gasteiger partial charge in [-0.2, -0.15) is 0 Å². The Balaban J connectivity index is 2.04. The molecule has 0 radical (unpaired) electrons. The molecule has 1 aliphatic heterocycles. The number of hydrogen-bond acceptors (Lipinski definition) is 3. The van der Waals surface area contributed by atoms with Gasteiger partial charge in [-0.15, -0.1) is 0 Å². The molecule has 0 amide bonds. The zero-order valence-corrected chi connectivity index (χ0v) is 10.9. The van der Waals surface area contributed by atoms with Crippen molar-refractivity contribution >= 4 is 11.7 Å². The fourth-order valence-electron chi connectivity index (χ4n) is 2.47. The van der Waals surface area contributed by atoms with Gasteiger partial charge in [-0.25, -0.2) is 9.18 Å². The Morgan fingerprint density at radius 1 is 1.47 bits per heavy atom. The standard InChI is InChI=1S/C14H18FNO3/c1-19-9-10-4-6-16(7-5-10)11-2-3-12(14(17)18)13(15)8-11/h2-3,8,10H,4-7,9H2,1H3,(H,17,18). The van der Waals surface area contributed by atoms with Crippen LogP contribution in [-0.4, -0.2) is 37.9 Å². The Morgan fingerprint density at radius 3 is 2.68 bits per heavy atom. The molecule has 2 rings (SSSR count). The zero-order valence-electron chi connectivity index (χ0n) is 10.9. The highest BCUT2D eigenvalue weighted by atomic mass is 19.1. The number of piperidine rings is 1. The number of aromatic carboxylic acids is 1. The average molecular weight is 267 g/mol. The smallest absolute Gasteiger partial charge is 0.338 e. The topological polar surface area (TPSA) is 49.8 Å². The highest BCUT2D eigenvalue weighted by molar-refractivity contribution is 5.88. The molecule has 0 spiro atoms. The van der Waals surface area contributed by atoms with Crippen molar-refractivity contribution in [3.63, 3.8) is 0 Å². The third kappa shape index (κ3) is 3.23. The van der Waals surface area contributed by atoms with E-state index >= 15 is 0 Å². The molecule has 0 aromatic heterocycles. The van der Waals surface area contributed by atoms with Crippen LogP contribution in [0.15, 0.2) is 18.2 Å². The molecule has 0 atom stereocenters. The number of methoxy groups -OCH3 is 1. The fraction of sp³-hybridized carbons (Fsp3) is 0.500. The van der Waals surface area contributed by atoms with Crippen molar-refractivity contribution in [3.8, 4) is 0 Å². The van der Waals surface area contributed by atoms with Crippen LogP contribution in [0.4, 0.5) is 10.1 Å². The number of carboxylic acids is 1. The number of halogens is 1. The van der Waals surface area contributed by atoms with Gasteiger partial charge in [-0.1, -0.05) is 0 Å². The summed E-state index contributed by atoms with van der Waals surface area (Å²) in [5.74, 6) is -1.35. The maximum absolute atomic E-state index is 13.6. The summed E-state index contributed by atoms with van der Waals surface area (Å²) in [5.41, 5.74) is 0.469. The lowest BCUT2D eigenvalue weighted by Crippen LogP contribution is -2.35. The minimum Gasteiger partial charge on any atom is -0.478 e. The second kappa shape index (κ2) is 6.02. The van der Waals surface area contributed by atoms with E-state index in [1.54, 1.807) is 13.2 Å². The molecule has 1 heterocycles. The van der Waals surface area contributed by atoms with Gasteiger partial charge in [0, 0.05) is 32.5 Å². The van der Waals surface area contributed by atoms with E-state index in [9.17, 15) is 9.18 Å². The maximum Gasteiger partial charge on any atom is 0.338 e. The van der Waals surface area contributed by atoms with Gasteiger partial charge in [-0.3, -0.25) is 0 Å². The number of nitrogens with zero attached hydrogens (tertiary/aromatic N) is 1. The van der Waals surface area contributed by atoms with Crippen molar-refractivity contribution in [2.24, 2.45) is 5.92 Å². The van der Waals surface area contributed by atoms with Crippen LogP contribution < -0.4 is 4.90 Å². The van der Waals surface area contributed by atoms with Gasteiger partial charge in [0.25, 0.3) is 0 Å². The van der Waals surface area contributed by atoms with Crippen LogP contribution >= 0.6 is 0 Å². The Hall–Kier alpha value is -1.62. The van der Waals surface area contributed by atoms with E-state index in [0.717, 1.165) is 38.2 Å². The zero-order chi connectivity index (χ0) is 13.8.